The number of halogens is 1. The highest BCUT2D eigenvalue weighted by Crippen LogP contribution is 2.20. The second-order valence-electron chi connectivity index (χ2n) is 7.12. The Balaban J connectivity index is 1.91. The van der Waals surface area contributed by atoms with Crippen LogP contribution >= 0.6 is 11.6 Å². The van der Waals surface area contributed by atoms with Crippen molar-refractivity contribution in [3.63, 3.8) is 0 Å². The van der Waals surface area contributed by atoms with Gasteiger partial charge in [0, 0.05) is 37.3 Å². The Kier molecular flexibility index (Phi) is 7.37. The van der Waals surface area contributed by atoms with Crippen LogP contribution in [0, 0.1) is 0 Å². The molecule has 0 unspecified atom stereocenters. The summed E-state index contributed by atoms with van der Waals surface area (Å²) in [5, 5.41) is 2.83. The van der Waals surface area contributed by atoms with E-state index in [2.05, 4.69) is 5.32 Å². The van der Waals surface area contributed by atoms with Crippen LogP contribution in [-0.2, 0) is 29.9 Å². The lowest BCUT2D eigenvalue weighted by Gasteiger charge is -2.18. The first kappa shape index (κ1) is 23.6. The minimum Gasteiger partial charge on any atom is -0.483 e. The average Bonchev–Trinajstić information content (AvgIpc) is 2.78. The van der Waals surface area contributed by atoms with Gasteiger partial charge in [0.05, 0.1) is 10.6 Å². The summed E-state index contributed by atoms with van der Waals surface area (Å²) in [7, 11) is -0.591. The number of pyridine rings is 1. The maximum atomic E-state index is 12.8. The van der Waals surface area contributed by atoms with Crippen molar-refractivity contribution in [2.24, 2.45) is 7.05 Å². The van der Waals surface area contributed by atoms with Crippen LogP contribution in [0.2, 0.25) is 5.02 Å². The number of rotatable bonds is 8. The highest BCUT2D eigenvalue weighted by molar-refractivity contribution is 7.91. The molecule has 0 radical (unpaired) electrons. The third kappa shape index (κ3) is 5.38. The lowest BCUT2D eigenvalue weighted by molar-refractivity contribution is 0.0948. The van der Waals surface area contributed by atoms with Crippen LogP contribution in [0.15, 0.2) is 70.4 Å². The Labute approximate surface area is 191 Å². The standard InChI is InChI=1S/C23H23ClN2O5S/c1-25-23(28)21-22(31-15-16-7-4-3-5-8-16)20(27)14-18(26(21)2)11-12-32(29,30)19-10-6-9-17(24)13-19/h3-10,13-14H,11-12,15H2,1-2H3,(H,25,28). The molecule has 0 aliphatic rings. The van der Waals surface area contributed by atoms with Crippen LogP contribution in [0.5, 0.6) is 5.75 Å². The van der Waals surface area contributed by atoms with Gasteiger partial charge in [-0.3, -0.25) is 9.59 Å². The van der Waals surface area contributed by atoms with Crippen molar-refractivity contribution < 1.29 is 17.9 Å². The summed E-state index contributed by atoms with van der Waals surface area (Å²) in [4.78, 5) is 25.5. The molecule has 0 spiro atoms. The molecule has 1 heterocycles. The maximum Gasteiger partial charge on any atom is 0.271 e. The van der Waals surface area contributed by atoms with Crippen LogP contribution in [0.1, 0.15) is 21.7 Å². The lowest BCUT2D eigenvalue weighted by Crippen LogP contribution is -2.29. The fraction of sp³-hybridized carbons (Fsp3) is 0.217. The smallest absolute Gasteiger partial charge is 0.271 e. The van der Waals surface area contributed by atoms with E-state index in [4.69, 9.17) is 16.3 Å². The molecule has 0 saturated carbocycles. The number of amides is 1. The van der Waals surface area contributed by atoms with E-state index in [1.54, 1.807) is 19.2 Å². The Bertz CT molecular complexity index is 1290. The first-order valence-electron chi connectivity index (χ1n) is 9.83. The lowest BCUT2D eigenvalue weighted by atomic mass is 10.2. The highest BCUT2D eigenvalue weighted by Gasteiger charge is 2.22. The van der Waals surface area contributed by atoms with Gasteiger partial charge in [-0.15, -0.1) is 0 Å². The molecule has 32 heavy (non-hydrogen) atoms. The minimum absolute atomic E-state index is 0.0313. The van der Waals surface area contributed by atoms with E-state index < -0.39 is 21.2 Å². The number of ether oxygens (including phenoxy) is 1. The maximum absolute atomic E-state index is 12.8. The molecule has 9 heteroatoms. The van der Waals surface area contributed by atoms with Gasteiger partial charge in [0.15, 0.2) is 21.3 Å². The first-order valence-corrected chi connectivity index (χ1v) is 11.9. The molecule has 1 N–H and O–H groups in total. The van der Waals surface area contributed by atoms with E-state index in [0.717, 1.165) is 5.56 Å². The highest BCUT2D eigenvalue weighted by atomic mass is 35.5. The zero-order valence-electron chi connectivity index (χ0n) is 17.7. The summed E-state index contributed by atoms with van der Waals surface area (Å²) in [5.41, 5.74) is 0.777. The number of aromatic nitrogens is 1. The molecule has 0 aliphatic heterocycles. The number of hydrogen-bond acceptors (Lipinski definition) is 5. The summed E-state index contributed by atoms with van der Waals surface area (Å²) >= 11 is 5.91. The van der Waals surface area contributed by atoms with Gasteiger partial charge >= 0.3 is 0 Å². The minimum atomic E-state index is -3.64. The Hall–Kier alpha value is -3.10. The number of benzene rings is 2. The number of hydrogen-bond donors (Lipinski definition) is 1. The van der Waals surface area contributed by atoms with Crippen molar-refractivity contribution in [2.75, 3.05) is 12.8 Å². The second kappa shape index (κ2) is 10.0. The number of carbonyl (C=O) groups excluding carboxylic acids is 1. The van der Waals surface area contributed by atoms with Gasteiger partial charge in [-0.1, -0.05) is 48.0 Å². The Morgan fingerprint density at radius 3 is 2.47 bits per heavy atom. The van der Waals surface area contributed by atoms with Gasteiger partial charge < -0.3 is 14.6 Å². The molecule has 2 aromatic carbocycles. The first-order chi connectivity index (χ1) is 15.2. The number of nitrogens with one attached hydrogen (secondary N) is 1. The van der Waals surface area contributed by atoms with Gasteiger partial charge in [-0.05, 0) is 23.8 Å². The van der Waals surface area contributed by atoms with Gasteiger partial charge in [0.25, 0.3) is 5.91 Å². The molecule has 3 rings (SSSR count). The van der Waals surface area contributed by atoms with Gasteiger partial charge in [-0.25, -0.2) is 8.42 Å². The third-order valence-corrected chi connectivity index (χ3v) is 6.90. The molecule has 0 aliphatic carbocycles. The van der Waals surface area contributed by atoms with Crippen molar-refractivity contribution in [1.82, 2.24) is 9.88 Å². The molecular formula is C23H23ClN2O5S. The van der Waals surface area contributed by atoms with Crippen molar-refractivity contribution >= 4 is 27.3 Å². The molecule has 0 bridgehead atoms. The quantitative estimate of drug-likeness (QED) is 0.541. The van der Waals surface area contributed by atoms with Crippen LogP contribution in [0.4, 0.5) is 0 Å². The molecule has 0 saturated heterocycles. The molecule has 7 nitrogen and oxygen atoms in total. The zero-order chi connectivity index (χ0) is 23.3. The van der Waals surface area contributed by atoms with Crippen molar-refractivity contribution in [3.05, 3.63) is 92.9 Å². The normalized spacial score (nSPS) is 11.2. The molecule has 1 aromatic heterocycles. The van der Waals surface area contributed by atoms with Crippen molar-refractivity contribution in [2.45, 2.75) is 17.9 Å². The number of carbonyl (C=O) groups is 1. The predicted molar refractivity (Wildman–Crippen MR) is 123 cm³/mol. The summed E-state index contributed by atoms with van der Waals surface area (Å²) in [5.74, 6) is -0.845. The second-order valence-corrected chi connectivity index (χ2v) is 9.66. The van der Waals surface area contributed by atoms with E-state index in [9.17, 15) is 18.0 Å². The Morgan fingerprint density at radius 2 is 1.81 bits per heavy atom. The van der Waals surface area contributed by atoms with E-state index in [1.807, 2.05) is 30.3 Å². The zero-order valence-corrected chi connectivity index (χ0v) is 19.2. The van der Waals surface area contributed by atoms with Crippen molar-refractivity contribution in [1.29, 1.82) is 0 Å². The van der Waals surface area contributed by atoms with Crippen molar-refractivity contribution in [3.8, 4) is 5.75 Å². The predicted octanol–water partition coefficient (Wildman–Crippen LogP) is 2.99. The molecule has 3 aromatic rings. The van der Waals surface area contributed by atoms with Gasteiger partial charge in [0.1, 0.15) is 6.61 Å². The molecule has 168 valence electrons. The van der Waals surface area contributed by atoms with E-state index in [1.165, 1.54) is 29.8 Å². The topological polar surface area (TPSA) is 94.5 Å². The summed E-state index contributed by atoms with van der Waals surface area (Å²) < 4.78 is 32.6. The summed E-state index contributed by atoms with van der Waals surface area (Å²) in [6.45, 7) is 0.114. The monoisotopic (exact) mass is 474 g/mol. The van der Waals surface area contributed by atoms with Gasteiger partial charge in [-0.2, -0.15) is 0 Å². The molecule has 0 atom stereocenters. The third-order valence-electron chi connectivity index (χ3n) is 4.95. The number of aryl methyl sites for hydroxylation is 1. The summed E-state index contributed by atoms with van der Waals surface area (Å²) in [6.07, 6.45) is 0.0313. The van der Waals surface area contributed by atoms with E-state index in [0.29, 0.717) is 10.7 Å². The Morgan fingerprint density at radius 1 is 1.09 bits per heavy atom. The fourth-order valence-electron chi connectivity index (χ4n) is 3.23. The molecule has 0 fully saturated rings. The number of sulfone groups is 1. The SMILES string of the molecule is CNC(=O)c1c(OCc2ccccc2)c(=O)cc(CCS(=O)(=O)c2cccc(Cl)c2)n1C. The summed E-state index contributed by atoms with van der Waals surface area (Å²) in [6, 6.07) is 16.6. The van der Waals surface area contributed by atoms with Crippen LogP contribution in [0.3, 0.4) is 0 Å². The molecule has 1 amide bonds. The van der Waals surface area contributed by atoms with Crippen LogP contribution < -0.4 is 15.5 Å². The van der Waals surface area contributed by atoms with Crippen LogP contribution in [0.25, 0.3) is 0 Å². The largest absolute Gasteiger partial charge is 0.483 e. The van der Waals surface area contributed by atoms with Crippen LogP contribution in [-0.4, -0.2) is 31.7 Å². The average molecular weight is 475 g/mol. The molecular weight excluding hydrogens is 452 g/mol. The van der Waals surface area contributed by atoms with E-state index in [-0.39, 0.29) is 35.1 Å². The fourth-order valence-corrected chi connectivity index (χ4v) is 4.79. The van der Waals surface area contributed by atoms with E-state index >= 15 is 0 Å². The number of nitrogens with zero attached hydrogens (tertiary/aromatic N) is 1. The van der Waals surface area contributed by atoms with Gasteiger partial charge in [0.2, 0.25) is 5.43 Å².